The average Bonchev–Trinajstić information content (AvgIpc) is 3.29. The van der Waals surface area contributed by atoms with Crippen molar-refractivity contribution < 1.29 is 4.79 Å². The third-order valence-electron chi connectivity index (χ3n) is 7.86. The van der Waals surface area contributed by atoms with E-state index < -0.39 is 0 Å². The summed E-state index contributed by atoms with van der Waals surface area (Å²) >= 11 is 0. The molecule has 4 nitrogen and oxygen atoms in total. The Morgan fingerprint density at radius 1 is 1.03 bits per heavy atom. The maximum atomic E-state index is 12.0. The number of Topliss-reactive ketones (excluding diaryl/α,β-unsaturated/α-hetero) is 1. The normalized spacial score (nSPS) is 23.0. The first kappa shape index (κ1) is 23.2. The third-order valence-corrected chi connectivity index (χ3v) is 7.86. The van der Waals surface area contributed by atoms with E-state index in [9.17, 15) is 4.79 Å². The predicted molar refractivity (Wildman–Crippen MR) is 131 cm³/mol. The van der Waals surface area contributed by atoms with Crippen molar-refractivity contribution in [3.63, 3.8) is 0 Å². The number of hydrogen-bond donors (Lipinski definition) is 0. The number of aromatic nitrogens is 2. The van der Waals surface area contributed by atoms with Crippen molar-refractivity contribution in [2.45, 2.75) is 90.6 Å². The van der Waals surface area contributed by atoms with Crippen molar-refractivity contribution in [3.05, 3.63) is 53.3 Å². The molecular weight excluding hydrogens is 394 g/mol. The Kier molecular flexibility index (Phi) is 7.83. The van der Waals surface area contributed by atoms with E-state index in [1.807, 2.05) is 13.1 Å². The minimum atomic E-state index is 0.323. The van der Waals surface area contributed by atoms with Crippen LogP contribution in [0.2, 0.25) is 0 Å². The fraction of sp³-hybridized carbons (Fsp3) is 0.643. The summed E-state index contributed by atoms with van der Waals surface area (Å²) in [6.45, 7) is 10.9. The van der Waals surface area contributed by atoms with Gasteiger partial charge in [0.1, 0.15) is 5.78 Å². The highest BCUT2D eigenvalue weighted by molar-refractivity contribution is 5.80. The Morgan fingerprint density at radius 2 is 1.72 bits per heavy atom. The van der Waals surface area contributed by atoms with Gasteiger partial charge in [-0.2, -0.15) is 5.10 Å². The van der Waals surface area contributed by atoms with Crippen molar-refractivity contribution in [1.29, 1.82) is 0 Å². The van der Waals surface area contributed by atoms with Crippen LogP contribution in [0.25, 0.3) is 0 Å². The summed E-state index contributed by atoms with van der Waals surface area (Å²) in [5.41, 5.74) is 4.24. The lowest BCUT2D eigenvalue weighted by molar-refractivity contribution is -0.123. The number of likely N-dealkylation sites (tertiary alicyclic amines) is 1. The van der Waals surface area contributed by atoms with Crippen LogP contribution in [0.4, 0.5) is 0 Å². The van der Waals surface area contributed by atoms with E-state index >= 15 is 0 Å². The molecule has 4 rings (SSSR count). The van der Waals surface area contributed by atoms with E-state index in [2.05, 4.69) is 59.0 Å². The van der Waals surface area contributed by atoms with Gasteiger partial charge in [-0.05, 0) is 86.1 Å². The Bertz CT molecular complexity index is 853. The lowest BCUT2D eigenvalue weighted by Gasteiger charge is -2.32. The van der Waals surface area contributed by atoms with Crippen molar-refractivity contribution in [2.75, 3.05) is 13.1 Å². The molecule has 4 heteroatoms. The second kappa shape index (κ2) is 10.8. The quantitative estimate of drug-likeness (QED) is 0.497. The molecule has 2 fully saturated rings. The summed E-state index contributed by atoms with van der Waals surface area (Å²) in [6.07, 6.45) is 12.0. The Balaban J connectivity index is 1.21. The highest BCUT2D eigenvalue weighted by atomic mass is 16.1. The number of ketones is 1. The molecule has 0 spiro atoms. The summed E-state index contributed by atoms with van der Waals surface area (Å²) in [6, 6.07) is 9.36. The van der Waals surface area contributed by atoms with E-state index in [0.29, 0.717) is 30.0 Å². The first-order valence-corrected chi connectivity index (χ1v) is 12.9. The maximum absolute atomic E-state index is 12.0. The number of carbonyl (C=O) groups excluding carboxylic acids is 1. The highest BCUT2D eigenvalue weighted by Crippen LogP contribution is 2.36. The van der Waals surface area contributed by atoms with E-state index in [-0.39, 0.29) is 0 Å². The van der Waals surface area contributed by atoms with Crippen molar-refractivity contribution >= 4 is 5.78 Å². The van der Waals surface area contributed by atoms with Crippen LogP contribution < -0.4 is 0 Å². The molecule has 1 saturated heterocycles. The molecule has 2 heterocycles. The van der Waals surface area contributed by atoms with Gasteiger partial charge in [-0.3, -0.25) is 14.4 Å². The fourth-order valence-electron chi connectivity index (χ4n) is 5.56. The zero-order chi connectivity index (χ0) is 22.5. The number of carbonyl (C=O) groups is 1. The maximum Gasteiger partial charge on any atom is 0.135 e. The van der Waals surface area contributed by atoms with Gasteiger partial charge in [0.2, 0.25) is 0 Å². The molecular formula is C28H41N3O. The largest absolute Gasteiger partial charge is 0.299 e. The summed E-state index contributed by atoms with van der Waals surface area (Å²) < 4.78 is 2.15. The molecule has 0 unspecified atom stereocenters. The van der Waals surface area contributed by atoms with Crippen LogP contribution >= 0.6 is 0 Å². The van der Waals surface area contributed by atoms with Gasteiger partial charge in [-0.15, -0.1) is 0 Å². The van der Waals surface area contributed by atoms with E-state index in [4.69, 9.17) is 0 Å². The van der Waals surface area contributed by atoms with Gasteiger partial charge >= 0.3 is 0 Å². The van der Waals surface area contributed by atoms with Gasteiger partial charge in [0.05, 0.1) is 6.20 Å². The smallest absolute Gasteiger partial charge is 0.135 e. The molecule has 174 valence electrons. The van der Waals surface area contributed by atoms with Crippen LogP contribution in [0.1, 0.15) is 94.2 Å². The van der Waals surface area contributed by atoms with Crippen LogP contribution in [0.15, 0.2) is 36.7 Å². The molecule has 0 atom stereocenters. The summed E-state index contributed by atoms with van der Waals surface area (Å²) in [5, 5.41) is 4.57. The van der Waals surface area contributed by atoms with E-state index in [1.54, 1.807) is 0 Å². The number of nitrogens with zero attached hydrogens (tertiary/aromatic N) is 3. The summed E-state index contributed by atoms with van der Waals surface area (Å²) in [4.78, 5) is 14.6. The number of rotatable bonds is 8. The molecule has 0 amide bonds. The first-order valence-electron chi connectivity index (χ1n) is 12.9. The van der Waals surface area contributed by atoms with Crippen molar-refractivity contribution in [2.24, 2.45) is 11.8 Å². The molecule has 0 bridgehead atoms. The topological polar surface area (TPSA) is 38.1 Å². The third kappa shape index (κ3) is 5.89. The molecule has 1 aliphatic heterocycles. The van der Waals surface area contributed by atoms with Crippen LogP contribution in [-0.4, -0.2) is 33.6 Å². The molecule has 0 radical (unpaired) electrons. The predicted octanol–water partition coefficient (Wildman–Crippen LogP) is 6.17. The van der Waals surface area contributed by atoms with Crippen LogP contribution in [-0.2, 0) is 17.9 Å². The lowest BCUT2D eigenvalue weighted by atomic mass is 9.77. The molecule has 2 aromatic rings. The Hall–Kier alpha value is -1.94. The average molecular weight is 436 g/mol. The number of hydrogen-bond acceptors (Lipinski definition) is 3. The number of piperidine rings is 1. The zero-order valence-electron chi connectivity index (χ0n) is 20.3. The van der Waals surface area contributed by atoms with Crippen LogP contribution in [0.5, 0.6) is 0 Å². The minimum Gasteiger partial charge on any atom is -0.299 e. The lowest BCUT2D eigenvalue weighted by Crippen LogP contribution is -2.34. The summed E-state index contributed by atoms with van der Waals surface area (Å²) in [5.74, 6) is 2.72. The molecule has 32 heavy (non-hydrogen) atoms. The second-order valence-corrected chi connectivity index (χ2v) is 10.5. The molecule has 1 saturated carbocycles. The molecule has 1 aliphatic carbocycles. The fourth-order valence-corrected chi connectivity index (χ4v) is 5.56. The van der Waals surface area contributed by atoms with E-state index in [1.165, 1.54) is 42.6 Å². The van der Waals surface area contributed by atoms with Gasteiger partial charge < -0.3 is 0 Å². The zero-order valence-corrected chi connectivity index (χ0v) is 20.3. The standard InChI is InChI=1S/C28H41N3O/c1-4-28(32)26-11-9-25(10-12-26)24-7-5-22(6-8-24)18-30-15-13-23(14-16-30)19-31-20-27(17-29-31)21(2)3/h5-8,17,20-21,23,25-26H,4,9-16,18-19H2,1-3H3/t25-,26-. The van der Waals surface area contributed by atoms with Gasteiger partial charge in [0.25, 0.3) is 0 Å². The minimum absolute atomic E-state index is 0.323. The van der Waals surface area contributed by atoms with Gasteiger partial charge in [-0.1, -0.05) is 45.0 Å². The van der Waals surface area contributed by atoms with Crippen LogP contribution in [0.3, 0.4) is 0 Å². The van der Waals surface area contributed by atoms with Crippen LogP contribution in [0, 0.1) is 11.8 Å². The van der Waals surface area contributed by atoms with E-state index in [0.717, 1.165) is 44.7 Å². The Labute approximate surface area is 194 Å². The van der Waals surface area contributed by atoms with Crippen molar-refractivity contribution in [3.8, 4) is 0 Å². The first-order chi connectivity index (χ1) is 15.5. The van der Waals surface area contributed by atoms with Gasteiger partial charge in [0, 0.05) is 31.6 Å². The second-order valence-electron chi connectivity index (χ2n) is 10.5. The molecule has 2 aliphatic rings. The van der Waals surface area contributed by atoms with Gasteiger partial charge in [0.15, 0.2) is 0 Å². The monoisotopic (exact) mass is 435 g/mol. The molecule has 1 aromatic carbocycles. The van der Waals surface area contributed by atoms with Gasteiger partial charge in [-0.25, -0.2) is 0 Å². The highest BCUT2D eigenvalue weighted by Gasteiger charge is 2.26. The van der Waals surface area contributed by atoms with Crippen molar-refractivity contribution in [1.82, 2.24) is 14.7 Å². The Morgan fingerprint density at radius 3 is 2.31 bits per heavy atom. The SMILES string of the molecule is CCC(=O)[C@H]1CC[C@H](c2ccc(CN3CCC(Cn4cc(C(C)C)cn4)CC3)cc2)CC1. The number of benzene rings is 1. The summed E-state index contributed by atoms with van der Waals surface area (Å²) in [7, 11) is 0. The molecule has 1 aromatic heterocycles. The molecule has 0 N–H and O–H groups in total.